The van der Waals surface area contributed by atoms with Gasteiger partial charge >= 0.3 is 0 Å². The number of hydrogen-bond acceptors (Lipinski definition) is 2. The predicted molar refractivity (Wildman–Crippen MR) is 52.5 cm³/mol. The number of carbonyl (C=O) groups excluding carboxylic acids is 2. The standard InChI is InChI=1S/C11H8FNO2/c12-10-5-4-8(6-9(10)7-14)2-1-3-11(13)15/h4-7H,3H2,(H2,13,15). The van der Waals surface area contributed by atoms with Gasteiger partial charge in [0.25, 0.3) is 0 Å². The Kier molecular flexibility index (Phi) is 3.58. The third-order valence-electron chi connectivity index (χ3n) is 1.62. The fourth-order valence-electron chi connectivity index (χ4n) is 0.945. The Morgan fingerprint density at radius 3 is 2.87 bits per heavy atom. The zero-order valence-electron chi connectivity index (χ0n) is 7.79. The molecule has 0 spiro atoms. The summed E-state index contributed by atoms with van der Waals surface area (Å²) in [4.78, 5) is 20.8. The Bertz CT molecular complexity index is 457. The van der Waals surface area contributed by atoms with E-state index in [1.54, 1.807) is 0 Å². The van der Waals surface area contributed by atoms with Crippen molar-refractivity contribution in [1.82, 2.24) is 0 Å². The van der Waals surface area contributed by atoms with E-state index >= 15 is 0 Å². The summed E-state index contributed by atoms with van der Waals surface area (Å²) in [6.07, 6.45) is 0.350. The number of primary amides is 1. The maximum Gasteiger partial charge on any atom is 0.229 e. The van der Waals surface area contributed by atoms with E-state index in [4.69, 9.17) is 5.73 Å². The van der Waals surface area contributed by atoms with E-state index in [1.165, 1.54) is 12.1 Å². The van der Waals surface area contributed by atoms with Gasteiger partial charge in [-0.15, -0.1) is 0 Å². The monoisotopic (exact) mass is 205 g/mol. The minimum atomic E-state index is -0.592. The van der Waals surface area contributed by atoms with Gasteiger partial charge in [0.2, 0.25) is 5.91 Å². The van der Waals surface area contributed by atoms with Gasteiger partial charge in [-0.25, -0.2) is 4.39 Å². The Morgan fingerprint density at radius 2 is 2.27 bits per heavy atom. The third kappa shape index (κ3) is 3.24. The van der Waals surface area contributed by atoms with Crippen LogP contribution in [-0.4, -0.2) is 12.2 Å². The smallest absolute Gasteiger partial charge is 0.229 e. The van der Waals surface area contributed by atoms with E-state index < -0.39 is 11.7 Å². The lowest BCUT2D eigenvalue weighted by atomic mass is 10.1. The fourth-order valence-corrected chi connectivity index (χ4v) is 0.945. The number of aldehydes is 1. The van der Waals surface area contributed by atoms with E-state index in [2.05, 4.69) is 11.8 Å². The van der Waals surface area contributed by atoms with E-state index in [1.807, 2.05) is 0 Å². The molecule has 0 saturated heterocycles. The van der Waals surface area contributed by atoms with Crippen LogP contribution in [-0.2, 0) is 4.79 Å². The first kappa shape index (κ1) is 10.9. The van der Waals surface area contributed by atoms with Crippen LogP contribution in [0.25, 0.3) is 0 Å². The quantitative estimate of drug-likeness (QED) is 0.575. The van der Waals surface area contributed by atoms with Crippen LogP contribution in [0.2, 0.25) is 0 Å². The van der Waals surface area contributed by atoms with Crippen LogP contribution in [0.3, 0.4) is 0 Å². The van der Waals surface area contributed by atoms with Crippen molar-refractivity contribution in [2.24, 2.45) is 5.73 Å². The van der Waals surface area contributed by atoms with Crippen molar-refractivity contribution < 1.29 is 14.0 Å². The normalized spacial score (nSPS) is 8.87. The van der Waals surface area contributed by atoms with E-state index in [9.17, 15) is 14.0 Å². The summed E-state index contributed by atoms with van der Waals surface area (Å²) in [5.41, 5.74) is 5.30. The average molecular weight is 205 g/mol. The number of amides is 1. The number of carbonyl (C=O) groups is 2. The molecular formula is C11H8FNO2. The van der Waals surface area contributed by atoms with Crippen LogP contribution in [0.5, 0.6) is 0 Å². The molecule has 1 rings (SSSR count). The molecule has 76 valence electrons. The van der Waals surface area contributed by atoms with Gasteiger partial charge in [0.15, 0.2) is 6.29 Å². The van der Waals surface area contributed by atoms with Crippen molar-refractivity contribution in [3.63, 3.8) is 0 Å². The van der Waals surface area contributed by atoms with Gasteiger partial charge in [-0.1, -0.05) is 11.8 Å². The SMILES string of the molecule is NC(=O)CC#Cc1ccc(F)c(C=O)c1. The van der Waals surface area contributed by atoms with Crippen LogP contribution in [0.15, 0.2) is 18.2 Å². The zero-order valence-corrected chi connectivity index (χ0v) is 7.79. The van der Waals surface area contributed by atoms with Crippen LogP contribution in [0.1, 0.15) is 22.3 Å². The average Bonchev–Trinajstić information content (AvgIpc) is 2.20. The summed E-state index contributed by atoms with van der Waals surface area (Å²) < 4.78 is 12.9. The highest BCUT2D eigenvalue weighted by molar-refractivity contribution is 5.77. The van der Waals surface area contributed by atoms with Crippen molar-refractivity contribution in [3.05, 3.63) is 35.1 Å². The van der Waals surface area contributed by atoms with Gasteiger partial charge in [0.05, 0.1) is 12.0 Å². The van der Waals surface area contributed by atoms with Crippen molar-refractivity contribution in [3.8, 4) is 11.8 Å². The Labute approximate surface area is 86.1 Å². The van der Waals surface area contributed by atoms with E-state index in [0.29, 0.717) is 11.8 Å². The summed E-state index contributed by atoms with van der Waals surface area (Å²) in [6, 6.07) is 3.89. The van der Waals surface area contributed by atoms with Crippen molar-refractivity contribution in [1.29, 1.82) is 0 Å². The number of halogens is 1. The number of nitrogens with two attached hydrogens (primary N) is 1. The van der Waals surface area contributed by atoms with Crippen molar-refractivity contribution in [2.75, 3.05) is 0 Å². The topological polar surface area (TPSA) is 60.2 Å². The summed E-state index contributed by atoms with van der Waals surface area (Å²) in [5.74, 6) is 3.99. The molecule has 1 aromatic carbocycles. The molecule has 15 heavy (non-hydrogen) atoms. The number of benzene rings is 1. The third-order valence-corrected chi connectivity index (χ3v) is 1.62. The summed E-state index contributed by atoms with van der Waals surface area (Å²) in [5, 5.41) is 0. The van der Waals surface area contributed by atoms with Gasteiger partial charge in [-0.05, 0) is 18.2 Å². The highest BCUT2D eigenvalue weighted by Crippen LogP contribution is 2.07. The molecule has 0 radical (unpaired) electrons. The first-order valence-corrected chi connectivity index (χ1v) is 4.15. The van der Waals surface area contributed by atoms with Gasteiger partial charge in [-0.3, -0.25) is 9.59 Å². The predicted octanol–water partition coefficient (Wildman–Crippen LogP) is 0.865. The molecule has 3 nitrogen and oxygen atoms in total. The summed E-state index contributed by atoms with van der Waals surface area (Å²) >= 11 is 0. The van der Waals surface area contributed by atoms with E-state index in [0.717, 1.165) is 6.07 Å². The highest BCUT2D eigenvalue weighted by atomic mass is 19.1. The van der Waals surface area contributed by atoms with Gasteiger partial charge in [-0.2, -0.15) is 0 Å². The number of rotatable bonds is 2. The lowest BCUT2D eigenvalue weighted by Crippen LogP contribution is -2.08. The molecule has 0 aliphatic heterocycles. The number of hydrogen-bond donors (Lipinski definition) is 1. The van der Waals surface area contributed by atoms with Gasteiger partial charge in [0, 0.05) is 5.56 Å². The second-order valence-corrected chi connectivity index (χ2v) is 2.80. The Morgan fingerprint density at radius 1 is 1.53 bits per heavy atom. The molecule has 0 heterocycles. The lowest BCUT2D eigenvalue weighted by molar-refractivity contribution is -0.117. The van der Waals surface area contributed by atoms with Gasteiger partial charge in [0.1, 0.15) is 5.82 Å². The largest absolute Gasteiger partial charge is 0.369 e. The Balaban J connectivity index is 2.90. The minimum Gasteiger partial charge on any atom is -0.369 e. The first-order chi connectivity index (χ1) is 7.13. The first-order valence-electron chi connectivity index (χ1n) is 4.15. The van der Waals surface area contributed by atoms with Crippen LogP contribution in [0, 0.1) is 17.7 Å². The lowest BCUT2D eigenvalue weighted by Gasteiger charge is -1.94. The van der Waals surface area contributed by atoms with Crippen LogP contribution >= 0.6 is 0 Å². The zero-order chi connectivity index (χ0) is 11.3. The molecular weight excluding hydrogens is 197 g/mol. The maximum atomic E-state index is 12.9. The second-order valence-electron chi connectivity index (χ2n) is 2.80. The molecule has 0 fully saturated rings. The molecule has 0 unspecified atom stereocenters. The molecule has 1 aromatic rings. The fraction of sp³-hybridized carbons (Fsp3) is 0.0909. The minimum absolute atomic E-state index is 0.0547. The van der Waals surface area contributed by atoms with Gasteiger partial charge < -0.3 is 5.73 Å². The maximum absolute atomic E-state index is 12.9. The van der Waals surface area contributed by atoms with Crippen LogP contribution in [0.4, 0.5) is 4.39 Å². The van der Waals surface area contributed by atoms with E-state index in [-0.39, 0.29) is 12.0 Å². The molecule has 0 aliphatic rings. The molecule has 0 aliphatic carbocycles. The molecule has 2 N–H and O–H groups in total. The molecule has 0 atom stereocenters. The van der Waals surface area contributed by atoms with Crippen molar-refractivity contribution in [2.45, 2.75) is 6.42 Å². The van der Waals surface area contributed by atoms with Crippen molar-refractivity contribution >= 4 is 12.2 Å². The molecule has 1 amide bonds. The summed E-state index contributed by atoms with van der Waals surface area (Å²) in [7, 11) is 0. The highest BCUT2D eigenvalue weighted by Gasteiger charge is 2.00. The molecule has 0 bridgehead atoms. The molecule has 0 aromatic heterocycles. The van der Waals surface area contributed by atoms with Crippen LogP contribution < -0.4 is 5.73 Å². The Hall–Kier alpha value is -2.15. The molecule has 0 saturated carbocycles. The second kappa shape index (κ2) is 4.91. The molecule has 4 heteroatoms. The summed E-state index contributed by atoms with van der Waals surface area (Å²) in [6.45, 7) is 0.